The standard InChI is InChI=1S/C16H23NO2/c1-11-3-8-15(12(2)9-11)17-10-13-4-6-14(7-5-13)16(18)19/h3,8-9,13-14,17H,4-7,10H2,1-2H3,(H,18,19). The Morgan fingerprint density at radius 2 is 1.95 bits per heavy atom. The molecule has 0 spiro atoms. The van der Waals surface area contributed by atoms with Crippen LogP contribution in [0.4, 0.5) is 5.69 Å². The molecule has 0 bridgehead atoms. The molecule has 1 aromatic carbocycles. The van der Waals surface area contributed by atoms with Crippen molar-refractivity contribution in [2.45, 2.75) is 39.5 Å². The van der Waals surface area contributed by atoms with Crippen LogP contribution in [0.15, 0.2) is 18.2 Å². The zero-order valence-electron chi connectivity index (χ0n) is 11.8. The molecule has 1 aliphatic carbocycles. The molecule has 0 heterocycles. The predicted octanol–water partition coefficient (Wildman–Crippen LogP) is 3.61. The van der Waals surface area contributed by atoms with Gasteiger partial charge >= 0.3 is 5.97 Å². The lowest BCUT2D eigenvalue weighted by Gasteiger charge is -2.26. The van der Waals surface area contributed by atoms with Crippen LogP contribution < -0.4 is 5.32 Å². The molecule has 0 aromatic heterocycles. The second kappa shape index (κ2) is 6.09. The number of aliphatic carboxylic acids is 1. The average molecular weight is 261 g/mol. The Bertz CT molecular complexity index is 448. The Morgan fingerprint density at radius 1 is 1.26 bits per heavy atom. The van der Waals surface area contributed by atoms with Crippen LogP contribution >= 0.6 is 0 Å². The van der Waals surface area contributed by atoms with Crippen LogP contribution in [0, 0.1) is 25.7 Å². The first-order chi connectivity index (χ1) is 9.06. The van der Waals surface area contributed by atoms with Crippen LogP contribution in [0.2, 0.25) is 0 Å². The number of carboxylic acid groups (broad SMARTS) is 1. The summed E-state index contributed by atoms with van der Waals surface area (Å²) < 4.78 is 0. The van der Waals surface area contributed by atoms with E-state index in [1.807, 2.05) is 0 Å². The van der Waals surface area contributed by atoms with Gasteiger partial charge in [-0.15, -0.1) is 0 Å². The molecule has 0 radical (unpaired) electrons. The van der Waals surface area contributed by atoms with Gasteiger partial charge in [-0.2, -0.15) is 0 Å². The van der Waals surface area contributed by atoms with E-state index < -0.39 is 5.97 Å². The fourth-order valence-electron chi connectivity index (χ4n) is 2.88. The first-order valence-electron chi connectivity index (χ1n) is 7.10. The van der Waals surface area contributed by atoms with E-state index in [2.05, 4.69) is 37.4 Å². The number of rotatable bonds is 4. The molecule has 3 heteroatoms. The lowest BCUT2D eigenvalue weighted by Crippen LogP contribution is -2.25. The van der Waals surface area contributed by atoms with Crippen LogP contribution in [0.5, 0.6) is 0 Å². The van der Waals surface area contributed by atoms with Crippen molar-refractivity contribution in [3.05, 3.63) is 29.3 Å². The first kappa shape index (κ1) is 13.9. The van der Waals surface area contributed by atoms with Gasteiger partial charge in [0.1, 0.15) is 0 Å². The topological polar surface area (TPSA) is 49.3 Å². The highest BCUT2D eigenvalue weighted by molar-refractivity contribution is 5.70. The molecule has 1 fully saturated rings. The van der Waals surface area contributed by atoms with E-state index in [0.717, 1.165) is 32.2 Å². The summed E-state index contributed by atoms with van der Waals surface area (Å²) in [5.41, 5.74) is 3.76. The molecule has 2 rings (SSSR count). The number of aryl methyl sites for hydroxylation is 2. The third-order valence-electron chi connectivity index (χ3n) is 4.16. The molecule has 0 atom stereocenters. The van der Waals surface area contributed by atoms with E-state index in [4.69, 9.17) is 5.11 Å². The third-order valence-corrected chi connectivity index (χ3v) is 4.16. The maximum absolute atomic E-state index is 10.9. The second-order valence-electron chi connectivity index (χ2n) is 5.76. The molecule has 19 heavy (non-hydrogen) atoms. The van der Waals surface area contributed by atoms with Crippen LogP contribution in [-0.2, 0) is 4.79 Å². The normalized spacial score (nSPS) is 23.1. The highest BCUT2D eigenvalue weighted by atomic mass is 16.4. The fraction of sp³-hybridized carbons (Fsp3) is 0.562. The highest BCUT2D eigenvalue weighted by Gasteiger charge is 2.25. The Morgan fingerprint density at radius 3 is 2.53 bits per heavy atom. The highest BCUT2D eigenvalue weighted by Crippen LogP contribution is 2.29. The van der Waals surface area contributed by atoms with E-state index in [1.54, 1.807) is 0 Å². The number of benzene rings is 1. The Hall–Kier alpha value is -1.51. The number of hydrogen-bond acceptors (Lipinski definition) is 2. The minimum absolute atomic E-state index is 0.114. The molecule has 0 saturated heterocycles. The average Bonchev–Trinajstić information content (AvgIpc) is 2.38. The summed E-state index contributed by atoms with van der Waals surface area (Å²) in [7, 11) is 0. The Balaban J connectivity index is 1.82. The van der Waals surface area contributed by atoms with Gasteiger partial charge in [0.2, 0.25) is 0 Å². The number of carbonyl (C=O) groups is 1. The van der Waals surface area contributed by atoms with Crippen molar-refractivity contribution in [1.82, 2.24) is 0 Å². The van der Waals surface area contributed by atoms with Crippen molar-refractivity contribution in [1.29, 1.82) is 0 Å². The van der Waals surface area contributed by atoms with Crippen molar-refractivity contribution < 1.29 is 9.90 Å². The molecule has 1 aliphatic rings. The van der Waals surface area contributed by atoms with Crippen molar-refractivity contribution in [3.63, 3.8) is 0 Å². The van der Waals surface area contributed by atoms with Crippen LogP contribution in [-0.4, -0.2) is 17.6 Å². The van der Waals surface area contributed by atoms with Gasteiger partial charge in [-0.05, 0) is 57.1 Å². The number of carboxylic acids is 1. The Kier molecular flexibility index (Phi) is 4.46. The van der Waals surface area contributed by atoms with Gasteiger partial charge in [0.15, 0.2) is 0 Å². The number of nitrogens with one attached hydrogen (secondary N) is 1. The summed E-state index contributed by atoms with van der Waals surface area (Å²) in [4.78, 5) is 10.9. The largest absolute Gasteiger partial charge is 0.481 e. The van der Waals surface area contributed by atoms with E-state index >= 15 is 0 Å². The SMILES string of the molecule is Cc1ccc(NCC2CCC(C(=O)O)CC2)c(C)c1. The van der Waals surface area contributed by atoms with Gasteiger partial charge in [-0.3, -0.25) is 4.79 Å². The van der Waals surface area contributed by atoms with Gasteiger partial charge in [0.25, 0.3) is 0 Å². The van der Waals surface area contributed by atoms with E-state index in [-0.39, 0.29) is 5.92 Å². The van der Waals surface area contributed by atoms with Gasteiger partial charge in [0, 0.05) is 12.2 Å². The maximum Gasteiger partial charge on any atom is 0.306 e. The monoisotopic (exact) mass is 261 g/mol. The quantitative estimate of drug-likeness (QED) is 0.870. The minimum atomic E-state index is -0.624. The molecule has 1 aromatic rings. The predicted molar refractivity (Wildman–Crippen MR) is 77.5 cm³/mol. The molecule has 104 valence electrons. The van der Waals surface area contributed by atoms with Crippen molar-refractivity contribution >= 4 is 11.7 Å². The van der Waals surface area contributed by atoms with E-state index in [0.29, 0.717) is 5.92 Å². The lowest BCUT2D eigenvalue weighted by atomic mass is 9.82. The number of hydrogen-bond donors (Lipinski definition) is 2. The summed E-state index contributed by atoms with van der Waals surface area (Å²) >= 11 is 0. The van der Waals surface area contributed by atoms with E-state index in [9.17, 15) is 4.79 Å². The Labute approximate surface area is 115 Å². The van der Waals surface area contributed by atoms with Crippen LogP contribution in [0.1, 0.15) is 36.8 Å². The molecule has 0 aliphatic heterocycles. The maximum atomic E-state index is 10.9. The molecule has 0 amide bonds. The zero-order valence-corrected chi connectivity index (χ0v) is 11.8. The van der Waals surface area contributed by atoms with Gasteiger partial charge < -0.3 is 10.4 Å². The third kappa shape index (κ3) is 3.72. The van der Waals surface area contributed by atoms with Gasteiger partial charge in [-0.25, -0.2) is 0 Å². The van der Waals surface area contributed by atoms with Crippen LogP contribution in [0.25, 0.3) is 0 Å². The van der Waals surface area contributed by atoms with E-state index in [1.165, 1.54) is 16.8 Å². The molecule has 0 unspecified atom stereocenters. The molecule has 2 N–H and O–H groups in total. The molecular formula is C16H23NO2. The molecule has 3 nitrogen and oxygen atoms in total. The minimum Gasteiger partial charge on any atom is -0.481 e. The van der Waals surface area contributed by atoms with Crippen molar-refractivity contribution in [2.75, 3.05) is 11.9 Å². The lowest BCUT2D eigenvalue weighted by molar-refractivity contribution is -0.143. The summed E-state index contributed by atoms with van der Waals surface area (Å²) in [5, 5.41) is 12.5. The van der Waals surface area contributed by atoms with Gasteiger partial charge in [0.05, 0.1) is 5.92 Å². The molecule has 1 saturated carbocycles. The van der Waals surface area contributed by atoms with Crippen molar-refractivity contribution in [2.24, 2.45) is 11.8 Å². The van der Waals surface area contributed by atoms with Gasteiger partial charge in [-0.1, -0.05) is 17.7 Å². The van der Waals surface area contributed by atoms with Crippen molar-refractivity contribution in [3.8, 4) is 0 Å². The fourth-order valence-corrected chi connectivity index (χ4v) is 2.88. The zero-order chi connectivity index (χ0) is 13.8. The van der Waals surface area contributed by atoms with Crippen LogP contribution in [0.3, 0.4) is 0 Å². The summed E-state index contributed by atoms with van der Waals surface area (Å²) in [6.07, 6.45) is 3.70. The summed E-state index contributed by atoms with van der Waals surface area (Å²) in [6.45, 7) is 5.18. The second-order valence-corrected chi connectivity index (χ2v) is 5.76. The smallest absolute Gasteiger partial charge is 0.306 e. The first-order valence-corrected chi connectivity index (χ1v) is 7.10. The summed E-state index contributed by atoms with van der Waals surface area (Å²) in [5.74, 6) is -0.130. The number of anilines is 1. The molecular weight excluding hydrogens is 238 g/mol. The summed E-state index contributed by atoms with van der Waals surface area (Å²) in [6, 6.07) is 6.44.